The highest BCUT2D eigenvalue weighted by molar-refractivity contribution is 5.87. The Labute approximate surface area is 73.8 Å². The molecule has 0 heterocycles. The van der Waals surface area contributed by atoms with Gasteiger partial charge in [-0.1, -0.05) is 0 Å². The van der Waals surface area contributed by atoms with Gasteiger partial charge in [-0.3, -0.25) is 0 Å². The number of amides is 2. The molecular weight excluding hydrogens is 173 g/mol. The van der Waals surface area contributed by atoms with Gasteiger partial charge in [-0.2, -0.15) is 5.26 Å². The number of nitrogens with zero attached hydrogens (tertiary/aromatic N) is 1. The van der Waals surface area contributed by atoms with E-state index in [0.29, 0.717) is 0 Å². The van der Waals surface area contributed by atoms with Crippen LogP contribution in [-0.2, 0) is 0 Å². The Morgan fingerprint density at radius 1 is 1.54 bits per heavy atom. The second-order valence-electron chi connectivity index (χ2n) is 2.33. The molecule has 13 heavy (non-hydrogen) atoms. The molecule has 1 aromatic rings. The first-order valence-electron chi connectivity index (χ1n) is 3.39. The first kappa shape index (κ1) is 9.00. The van der Waals surface area contributed by atoms with Gasteiger partial charge < -0.3 is 11.1 Å². The van der Waals surface area contributed by atoms with Crippen molar-refractivity contribution in [1.29, 1.82) is 5.26 Å². The number of nitrogens with two attached hydrogens (primary N) is 1. The van der Waals surface area contributed by atoms with E-state index in [-0.39, 0.29) is 11.3 Å². The summed E-state index contributed by atoms with van der Waals surface area (Å²) in [6, 6.07) is 4.42. The van der Waals surface area contributed by atoms with Crippen molar-refractivity contribution in [1.82, 2.24) is 0 Å². The maximum absolute atomic E-state index is 12.7. The maximum atomic E-state index is 12.7. The largest absolute Gasteiger partial charge is 0.351 e. The van der Waals surface area contributed by atoms with Crippen molar-refractivity contribution >= 4 is 11.7 Å². The number of nitrogens with one attached hydrogen (secondary N) is 1. The van der Waals surface area contributed by atoms with Crippen molar-refractivity contribution in [2.24, 2.45) is 5.73 Å². The Morgan fingerprint density at radius 3 is 2.77 bits per heavy atom. The van der Waals surface area contributed by atoms with Gasteiger partial charge in [-0.05, 0) is 18.2 Å². The topological polar surface area (TPSA) is 78.9 Å². The third kappa shape index (κ3) is 2.45. The first-order valence-corrected chi connectivity index (χ1v) is 3.39. The molecule has 0 saturated heterocycles. The maximum Gasteiger partial charge on any atom is 0.316 e. The third-order valence-electron chi connectivity index (χ3n) is 1.29. The third-order valence-corrected chi connectivity index (χ3v) is 1.29. The average Bonchev–Trinajstić information content (AvgIpc) is 2.01. The smallest absolute Gasteiger partial charge is 0.316 e. The van der Waals surface area contributed by atoms with Crippen molar-refractivity contribution in [3.05, 3.63) is 29.6 Å². The molecule has 0 bridgehead atoms. The number of hydrogen-bond donors (Lipinski definition) is 2. The van der Waals surface area contributed by atoms with Crippen LogP contribution in [0.15, 0.2) is 18.2 Å². The quantitative estimate of drug-likeness (QED) is 0.679. The second kappa shape index (κ2) is 3.54. The molecule has 4 nitrogen and oxygen atoms in total. The van der Waals surface area contributed by atoms with Crippen LogP contribution in [0.25, 0.3) is 0 Å². The molecule has 0 saturated carbocycles. The molecule has 0 aliphatic carbocycles. The van der Waals surface area contributed by atoms with Crippen LogP contribution in [0.3, 0.4) is 0 Å². The zero-order valence-corrected chi connectivity index (χ0v) is 6.54. The Bertz CT molecular complexity index is 383. The monoisotopic (exact) mass is 179 g/mol. The number of nitriles is 1. The minimum atomic E-state index is -0.797. The van der Waals surface area contributed by atoms with Gasteiger partial charge >= 0.3 is 6.03 Å². The van der Waals surface area contributed by atoms with Crippen LogP contribution in [0.2, 0.25) is 0 Å². The molecule has 1 aromatic carbocycles. The Balaban J connectivity index is 3.03. The molecule has 1 rings (SSSR count). The number of rotatable bonds is 1. The Hall–Kier alpha value is -2.09. The summed E-state index contributed by atoms with van der Waals surface area (Å²) in [4.78, 5) is 10.4. The predicted octanol–water partition coefficient (Wildman–Crippen LogP) is 1.19. The van der Waals surface area contributed by atoms with Crippen molar-refractivity contribution in [3.63, 3.8) is 0 Å². The fraction of sp³-hybridized carbons (Fsp3) is 0. The van der Waals surface area contributed by atoms with E-state index in [9.17, 15) is 9.18 Å². The minimum Gasteiger partial charge on any atom is -0.351 e. The lowest BCUT2D eigenvalue weighted by Crippen LogP contribution is -2.19. The van der Waals surface area contributed by atoms with E-state index < -0.39 is 11.8 Å². The molecule has 0 spiro atoms. The fourth-order valence-electron chi connectivity index (χ4n) is 0.869. The van der Waals surface area contributed by atoms with E-state index in [1.54, 1.807) is 6.07 Å². The zero-order chi connectivity index (χ0) is 9.84. The van der Waals surface area contributed by atoms with Gasteiger partial charge in [0.25, 0.3) is 0 Å². The van der Waals surface area contributed by atoms with Crippen molar-refractivity contribution in [3.8, 4) is 6.07 Å². The van der Waals surface area contributed by atoms with E-state index in [1.807, 2.05) is 0 Å². The van der Waals surface area contributed by atoms with Gasteiger partial charge in [0.1, 0.15) is 5.82 Å². The van der Waals surface area contributed by atoms with Gasteiger partial charge in [-0.25, -0.2) is 9.18 Å². The van der Waals surface area contributed by atoms with Crippen molar-refractivity contribution in [2.45, 2.75) is 0 Å². The molecule has 2 amide bonds. The second-order valence-corrected chi connectivity index (χ2v) is 2.33. The highest BCUT2D eigenvalue weighted by atomic mass is 19.1. The number of benzene rings is 1. The highest BCUT2D eigenvalue weighted by Crippen LogP contribution is 2.12. The molecule has 5 heteroatoms. The molecule has 0 aliphatic rings. The average molecular weight is 179 g/mol. The number of carbonyl (C=O) groups excluding carboxylic acids is 1. The van der Waals surface area contributed by atoms with E-state index >= 15 is 0 Å². The lowest BCUT2D eigenvalue weighted by Gasteiger charge is -2.01. The molecule has 0 aliphatic heterocycles. The van der Waals surface area contributed by atoms with Gasteiger partial charge in [0.2, 0.25) is 0 Å². The van der Waals surface area contributed by atoms with Crippen LogP contribution in [0.5, 0.6) is 0 Å². The van der Waals surface area contributed by atoms with Crippen LogP contribution < -0.4 is 11.1 Å². The number of hydrogen-bond acceptors (Lipinski definition) is 2. The SMILES string of the molecule is N#Cc1cc(F)cc(NC(N)=O)c1. The number of halogens is 1. The lowest BCUT2D eigenvalue weighted by molar-refractivity contribution is 0.259. The van der Waals surface area contributed by atoms with Crippen LogP contribution in [-0.4, -0.2) is 6.03 Å². The van der Waals surface area contributed by atoms with Crippen LogP contribution >= 0.6 is 0 Å². The molecule has 0 radical (unpaired) electrons. The number of carbonyl (C=O) groups is 1. The summed E-state index contributed by atoms with van der Waals surface area (Å²) >= 11 is 0. The van der Waals surface area contributed by atoms with Gasteiger partial charge in [-0.15, -0.1) is 0 Å². The van der Waals surface area contributed by atoms with Crippen LogP contribution in [0, 0.1) is 17.1 Å². The summed E-state index contributed by atoms with van der Waals surface area (Å²) in [5.41, 5.74) is 5.11. The number of anilines is 1. The number of primary amides is 1. The Morgan fingerprint density at radius 2 is 2.23 bits per heavy atom. The zero-order valence-electron chi connectivity index (χ0n) is 6.54. The normalized spacial score (nSPS) is 8.92. The lowest BCUT2D eigenvalue weighted by atomic mass is 10.2. The summed E-state index contributed by atoms with van der Waals surface area (Å²) in [6.45, 7) is 0. The molecule has 0 fully saturated rings. The fourth-order valence-corrected chi connectivity index (χ4v) is 0.869. The molecule has 3 N–H and O–H groups in total. The van der Waals surface area contributed by atoms with E-state index in [0.717, 1.165) is 12.1 Å². The molecule has 0 atom stereocenters. The van der Waals surface area contributed by atoms with E-state index in [2.05, 4.69) is 5.32 Å². The minimum absolute atomic E-state index is 0.128. The summed E-state index contributed by atoms with van der Waals surface area (Å²) in [5, 5.41) is 10.6. The molecular formula is C8H6FN3O. The van der Waals surface area contributed by atoms with Crippen LogP contribution in [0.1, 0.15) is 5.56 Å². The summed E-state index contributed by atoms with van der Waals surface area (Å²) in [6.07, 6.45) is 0. The molecule has 0 aromatic heterocycles. The summed E-state index contributed by atoms with van der Waals surface area (Å²) in [7, 11) is 0. The highest BCUT2D eigenvalue weighted by Gasteiger charge is 2.01. The van der Waals surface area contributed by atoms with E-state index in [4.69, 9.17) is 11.0 Å². The van der Waals surface area contributed by atoms with Gasteiger partial charge in [0.05, 0.1) is 11.6 Å². The van der Waals surface area contributed by atoms with Crippen molar-refractivity contribution < 1.29 is 9.18 Å². The Kier molecular flexibility index (Phi) is 2.45. The predicted molar refractivity (Wildman–Crippen MR) is 44.3 cm³/mol. The molecule has 0 unspecified atom stereocenters. The standard InChI is InChI=1S/C8H6FN3O/c9-6-1-5(4-10)2-7(3-6)12-8(11)13/h1-3H,(H3,11,12,13). The van der Waals surface area contributed by atoms with Crippen molar-refractivity contribution in [2.75, 3.05) is 5.32 Å². The van der Waals surface area contributed by atoms with E-state index in [1.165, 1.54) is 6.07 Å². The van der Waals surface area contributed by atoms with Gasteiger partial charge in [0, 0.05) is 5.69 Å². The molecule has 66 valence electrons. The van der Waals surface area contributed by atoms with Crippen LogP contribution in [0.4, 0.5) is 14.9 Å². The first-order chi connectivity index (χ1) is 6.11. The number of urea groups is 1. The summed E-state index contributed by atoms with van der Waals surface area (Å²) in [5.74, 6) is -0.595. The van der Waals surface area contributed by atoms with Gasteiger partial charge in [0.15, 0.2) is 0 Å². The summed E-state index contributed by atoms with van der Waals surface area (Å²) < 4.78 is 12.7.